The maximum absolute atomic E-state index is 11.3. The van der Waals surface area contributed by atoms with Crippen LogP contribution in [0.1, 0.15) is 35.4 Å². The van der Waals surface area contributed by atoms with E-state index in [-0.39, 0.29) is 0 Å². The average molecular weight is 265 g/mol. The minimum absolute atomic E-state index is 0.475. The quantitative estimate of drug-likeness (QED) is 0.852. The Hall–Kier alpha value is -1.80. The first-order valence-electron chi connectivity index (χ1n) is 7.34. The smallest absolute Gasteiger partial charge is 0.164 e. The van der Waals surface area contributed by atoms with Crippen molar-refractivity contribution in [3.05, 3.63) is 65.2 Å². The van der Waals surface area contributed by atoms with Crippen molar-refractivity contribution in [1.82, 2.24) is 0 Å². The molecule has 2 heteroatoms. The van der Waals surface area contributed by atoms with Crippen molar-refractivity contribution in [3.8, 4) is 0 Å². The molecule has 2 atom stereocenters. The van der Waals surface area contributed by atoms with Crippen LogP contribution in [0.2, 0.25) is 0 Å². The van der Waals surface area contributed by atoms with Crippen molar-refractivity contribution >= 4 is 5.69 Å². The van der Waals surface area contributed by atoms with Crippen molar-refractivity contribution in [2.75, 3.05) is 11.4 Å². The third kappa shape index (κ3) is 1.55. The van der Waals surface area contributed by atoms with Gasteiger partial charge in [-0.25, -0.2) is 0 Å². The minimum Gasteiger partial charge on any atom is -0.367 e. The Balaban J connectivity index is 1.84. The maximum atomic E-state index is 11.3. The standard InChI is InChI=1S/C18H19NO/c1-13-6-8-15(9-7-13)18(20)12-14-10-11-19(18)17-5-3-2-4-16(14)17/h2-9,14,20H,10-12H2,1H3. The zero-order valence-electron chi connectivity index (χ0n) is 11.7. The number of anilines is 1. The van der Waals surface area contributed by atoms with Gasteiger partial charge in [0.1, 0.15) is 0 Å². The van der Waals surface area contributed by atoms with Crippen LogP contribution in [-0.2, 0) is 5.72 Å². The molecule has 20 heavy (non-hydrogen) atoms. The highest BCUT2D eigenvalue weighted by Crippen LogP contribution is 2.52. The number of nitrogens with zero attached hydrogens (tertiary/aromatic N) is 1. The van der Waals surface area contributed by atoms with E-state index in [1.54, 1.807) is 0 Å². The van der Waals surface area contributed by atoms with Gasteiger partial charge in [-0.05, 0) is 30.9 Å². The maximum Gasteiger partial charge on any atom is 0.164 e. The summed E-state index contributed by atoms with van der Waals surface area (Å²) in [6.07, 6.45) is 1.94. The summed E-state index contributed by atoms with van der Waals surface area (Å²) >= 11 is 0. The van der Waals surface area contributed by atoms with Gasteiger partial charge in [-0.1, -0.05) is 48.0 Å². The second kappa shape index (κ2) is 4.10. The summed E-state index contributed by atoms with van der Waals surface area (Å²) in [5, 5.41) is 11.3. The van der Waals surface area contributed by atoms with Gasteiger partial charge in [-0.15, -0.1) is 0 Å². The number of hydrogen-bond donors (Lipinski definition) is 1. The number of rotatable bonds is 1. The van der Waals surface area contributed by atoms with Crippen molar-refractivity contribution < 1.29 is 5.11 Å². The number of benzene rings is 2. The molecule has 5 rings (SSSR count). The third-order valence-corrected chi connectivity index (χ3v) is 4.86. The number of fused-ring (bicyclic) bond motifs is 2. The molecular weight excluding hydrogens is 246 g/mol. The van der Waals surface area contributed by atoms with Gasteiger partial charge in [0.15, 0.2) is 5.72 Å². The molecule has 3 aliphatic rings. The van der Waals surface area contributed by atoms with Crippen LogP contribution in [0.3, 0.4) is 0 Å². The van der Waals surface area contributed by atoms with Gasteiger partial charge in [0.25, 0.3) is 0 Å². The Bertz CT molecular complexity index is 649. The van der Waals surface area contributed by atoms with Crippen molar-refractivity contribution in [1.29, 1.82) is 0 Å². The normalized spacial score (nSPS) is 27.5. The summed E-state index contributed by atoms with van der Waals surface area (Å²) in [6.45, 7) is 3.02. The zero-order chi connectivity index (χ0) is 13.7. The van der Waals surface area contributed by atoms with Gasteiger partial charge < -0.3 is 10.0 Å². The first-order valence-corrected chi connectivity index (χ1v) is 7.34. The van der Waals surface area contributed by atoms with E-state index in [1.807, 2.05) is 0 Å². The Morgan fingerprint density at radius 3 is 2.65 bits per heavy atom. The van der Waals surface area contributed by atoms with Crippen LogP contribution in [0.5, 0.6) is 0 Å². The van der Waals surface area contributed by atoms with E-state index < -0.39 is 5.72 Å². The lowest BCUT2D eigenvalue weighted by molar-refractivity contribution is -0.00592. The van der Waals surface area contributed by atoms with Gasteiger partial charge >= 0.3 is 0 Å². The molecule has 2 bridgehead atoms. The highest BCUT2D eigenvalue weighted by molar-refractivity contribution is 5.62. The molecule has 0 amide bonds. The van der Waals surface area contributed by atoms with Crippen LogP contribution in [0.4, 0.5) is 5.69 Å². The summed E-state index contributed by atoms with van der Waals surface area (Å²) in [5.41, 5.74) is 4.01. The fourth-order valence-corrected chi connectivity index (χ4v) is 3.78. The van der Waals surface area contributed by atoms with Crippen LogP contribution in [0, 0.1) is 6.92 Å². The fraction of sp³-hybridized carbons (Fsp3) is 0.333. The van der Waals surface area contributed by atoms with Crippen molar-refractivity contribution in [2.45, 2.75) is 31.4 Å². The number of para-hydroxylation sites is 1. The predicted molar refractivity (Wildman–Crippen MR) is 80.8 cm³/mol. The second-order valence-corrected chi connectivity index (χ2v) is 6.08. The summed E-state index contributed by atoms with van der Waals surface area (Å²) in [5.74, 6) is 0.475. The largest absolute Gasteiger partial charge is 0.367 e. The van der Waals surface area contributed by atoms with Crippen LogP contribution in [-0.4, -0.2) is 11.7 Å². The highest BCUT2D eigenvalue weighted by atomic mass is 16.3. The van der Waals surface area contributed by atoms with E-state index in [0.29, 0.717) is 5.92 Å². The predicted octanol–water partition coefficient (Wildman–Crippen LogP) is 3.54. The van der Waals surface area contributed by atoms with Crippen LogP contribution in [0.25, 0.3) is 0 Å². The van der Waals surface area contributed by atoms with E-state index >= 15 is 0 Å². The molecular formula is C18H19NO. The summed E-state index contributed by atoms with van der Waals surface area (Å²) in [7, 11) is 0. The molecule has 0 radical (unpaired) electrons. The number of aliphatic hydroxyl groups is 1. The van der Waals surface area contributed by atoms with Gasteiger partial charge in [0.2, 0.25) is 0 Å². The molecule has 0 aliphatic carbocycles. The molecule has 0 spiro atoms. The van der Waals surface area contributed by atoms with E-state index in [2.05, 4.69) is 60.4 Å². The monoisotopic (exact) mass is 265 g/mol. The molecule has 2 aromatic carbocycles. The summed E-state index contributed by atoms with van der Waals surface area (Å²) in [4.78, 5) is 2.19. The van der Waals surface area contributed by atoms with Gasteiger partial charge in [-0.3, -0.25) is 0 Å². The lowest BCUT2D eigenvalue weighted by Crippen LogP contribution is -2.55. The molecule has 0 saturated carbocycles. The van der Waals surface area contributed by atoms with E-state index in [9.17, 15) is 5.11 Å². The molecule has 102 valence electrons. The van der Waals surface area contributed by atoms with Crippen LogP contribution < -0.4 is 4.90 Å². The summed E-state index contributed by atoms with van der Waals surface area (Å²) in [6, 6.07) is 16.8. The van der Waals surface area contributed by atoms with E-state index in [4.69, 9.17) is 0 Å². The molecule has 2 aromatic rings. The SMILES string of the molecule is Cc1ccc(C2(O)CC3CCN2c2ccccc23)cc1. The number of hydrogen-bond acceptors (Lipinski definition) is 2. The fourth-order valence-electron chi connectivity index (χ4n) is 3.78. The van der Waals surface area contributed by atoms with E-state index in [1.165, 1.54) is 16.8 Å². The lowest BCUT2D eigenvalue weighted by atomic mass is 9.75. The molecule has 1 saturated heterocycles. The molecule has 3 heterocycles. The van der Waals surface area contributed by atoms with Crippen molar-refractivity contribution in [3.63, 3.8) is 0 Å². The van der Waals surface area contributed by atoms with Crippen LogP contribution >= 0.6 is 0 Å². The van der Waals surface area contributed by atoms with E-state index in [0.717, 1.165) is 24.9 Å². The molecule has 1 N–H and O–H groups in total. The minimum atomic E-state index is -0.842. The Morgan fingerprint density at radius 1 is 1.10 bits per heavy atom. The zero-order valence-corrected chi connectivity index (χ0v) is 11.7. The first-order chi connectivity index (χ1) is 9.68. The number of aryl methyl sites for hydroxylation is 1. The number of piperidine rings is 1. The Kier molecular flexibility index (Phi) is 2.45. The van der Waals surface area contributed by atoms with Crippen molar-refractivity contribution in [2.24, 2.45) is 0 Å². The Labute approximate surface area is 119 Å². The van der Waals surface area contributed by atoms with Crippen LogP contribution in [0.15, 0.2) is 48.5 Å². The molecule has 2 nitrogen and oxygen atoms in total. The van der Waals surface area contributed by atoms with Gasteiger partial charge in [-0.2, -0.15) is 0 Å². The average Bonchev–Trinajstić information content (AvgIpc) is 2.48. The molecule has 1 fully saturated rings. The molecule has 2 unspecified atom stereocenters. The lowest BCUT2D eigenvalue weighted by Gasteiger charge is -2.53. The molecule has 3 aliphatic heterocycles. The molecule has 0 aromatic heterocycles. The summed E-state index contributed by atoms with van der Waals surface area (Å²) < 4.78 is 0. The first kappa shape index (κ1) is 12.0. The van der Waals surface area contributed by atoms with Gasteiger partial charge in [0.05, 0.1) is 0 Å². The Morgan fingerprint density at radius 2 is 1.85 bits per heavy atom. The second-order valence-electron chi connectivity index (χ2n) is 6.08. The highest BCUT2D eigenvalue weighted by Gasteiger charge is 2.47. The topological polar surface area (TPSA) is 23.5 Å². The third-order valence-electron chi connectivity index (χ3n) is 4.86. The van der Waals surface area contributed by atoms with Gasteiger partial charge in [0, 0.05) is 24.2 Å².